The minimum atomic E-state index is -4.22. The molecule has 2 N–H and O–H groups in total. The summed E-state index contributed by atoms with van der Waals surface area (Å²) in [6, 6.07) is -0.758. The molecule has 1 rings (SSSR count). The first-order valence-corrected chi connectivity index (χ1v) is 7.21. The quantitative estimate of drug-likeness (QED) is 0.837. The van der Waals surface area contributed by atoms with Gasteiger partial charge in [-0.2, -0.15) is 13.2 Å². The predicted octanol–water partition coefficient (Wildman–Crippen LogP) is 3.00. The SMILES string of the molecule is CC(C)(C)NCCC(=O)NC1CCCCC1C(F)(F)F. The van der Waals surface area contributed by atoms with Crippen LogP contribution in [0.25, 0.3) is 0 Å². The minimum absolute atomic E-state index is 0.0976. The van der Waals surface area contributed by atoms with Crippen LogP contribution in [0.5, 0.6) is 0 Å². The monoisotopic (exact) mass is 294 g/mol. The van der Waals surface area contributed by atoms with E-state index in [2.05, 4.69) is 10.6 Å². The van der Waals surface area contributed by atoms with Crippen LogP contribution < -0.4 is 10.6 Å². The number of hydrogen-bond acceptors (Lipinski definition) is 2. The lowest BCUT2D eigenvalue weighted by Crippen LogP contribution is -2.48. The molecule has 0 aromatic carbocycles. The fourth-order valence-electron chi connectivity index (χ4n) is 2.53. The van der Waals surface area contributed by atoms with Gasteiger partial charge in [0.15, 0.2) is 0 Å². The number of carbonyl (C=O) groups excluding carboxylic acids is 1. The Balaban J connectivity index is 2.43. The summed E-state index contributed by atoms with van der Waals surface area (Å²) in [7, 11) is 0. The molecular weight excluding hydrogens is 269 g/mol. The number of nitrogens with one attached hydrogen (secondary N) is 2. The minimum Gasteiger partial charge on any atom is -0.353 e. The third-order valence-electron chi connectivity index (χ3n) is 3.54. The van der Waals surface area contributed by atoms with Crippen LogP contribution in [0.4, 0.5) is 13.2 Å². The second kappa shape index (κ2) is 6.78. The average molecular weight is 294 g/mol. The molecule has 0 spiro atoms. The van der Waals surface area contributed by atoms with Crippen LogP contribution in [0.1, 0.15) is 52.9 Å². The zero-order chi connectivity index (χ0) is 15.4. The van der Waals surface area contributed by atoms with Gasteiger partial charge in [-0.3, -0.25) is 4.79 Å². The summed E-state index contributed by atoms with van der Waals surface area (Å²) in [5, 5.41) is 5.71. The van der Waals surface area contributed by atoms with E-state index in [-0.39, 0.29) is 24.3 Å². The van der Waals surface area contributed by atoms with Crippen molar-refractivity contribution in [3.05, 3.63) is 0 Å². The molecule has 1 aliphatic rings. The Morgan fingerprint density at radius 1 is 1.15 bits per heavy atom. The molecule has 118 valence electrons. The van der Waals surface area contributed by atoms with Crippen molar-refractivity contribution in [2.24, 2.45) is 5.92 Å². The fraction of sp³-hybridized carbons (Fsp3) is 0.929. The number of hydrogen-bond donors (Lipinski definition) is 2. The molecule has 1 saturated carbocycles. The molecule has 1 aliphatic carbocycles. The molecule has 3 nitrogen and oxygen atoms in total. The van der Waals surface area contributed by atoms with E-state index >= 15 is 0 Å². The summed E-state index contributed by atoms with van der Waals surface area (Å²) in [4.78, 5) is 11.8. The lowest BCUT2D eigenvalue weighted by Gasteiger charge is -2.33. The molecule has 6 heteroatoms. The maximum absolute atomic E-state index is 12.9. The highest BCUT2D eigenvalue weighted by Crippen LogP contribution is 2.37. The van der Waals surface area contributed by atoms with Crippen LogP contribution in [0.3, 0.4) is 0 Å². The molecular formula is C14H25F3N2O. The van der Waals surface area contributed by atoms with E-state index in [0.29, 0.717) is 19.4 Å². The van der Waals surface area contributed by atoms with Gasteiger partial charge in [-0.05, 0) is 33.6 Å². The van der Waals surface area contributed by atoms with E-state index in [0.717, 1.165) is 6.42 Å². The second-order valence-corrected chi connectivity index (χ2v) is 6.53. The van der Waals surface area contributed by atoms with Crippen molar-refractivity contribution >= 4 is 5.91 Å². The molecule has 1 amide bonds. The maximum Gasteiger partial charge on any atom is 0.393 e. The smallest absolute Gasteiger partial charge is 0.353 e. The topological polar surface area (TPSA) is 41.1 Å². The summed E-state index contributed by atoms with van der Waals surface area (Å²) < 4.78 is 38.7. The normalized spacial score (nSPS) is 24.5. The zero-order valence-corrected chi connectivity index (χ0v) is 12.4. The third kappa shape index (κ3) is 6.11. The maximum atomic E-state index is 12.9. The highest BCUT2D eigenvalue weighted by molar-refractivity contribution is 5.76. The first-order valence-electron chi connectivity index (χ1n) is 7.21. The van der Waals surface area contributed by atoms with E-state index in [1.165, 1.54) is 0 Å². The third-order valence-corrected chi connectivity index (χ3v) is 3.54. The van der Waals surface area contributed by atoms with Crippen molar-refractivity contribution < 1.29 is 18.0 Å². The van der Waals surface area contributed by atoms with Crippen LogP contribution in [0.15, 0.2) is 0 Å². The molecule has 1 fully saturated rings. The number of alkyl halides is 3. The second-order valence-electron chi connectivity index (χ2n) is 6.53. The van der Waals surface area contributed by atoms with Crippen LogP contribution in [-0.2, 0) is 4.79 Å². The highest BCUT2D eigenvalue weighted by Gasteiger charge is 2.45. The molecule has 0 radical (unpaired) electrons. The van der Waals surface area contributed by atoms with Gasteiger partial charge >= 0.3 is 6.18 Å². The highest BCUT2D eigenvalue weighted by atomic mass is 19.4. The zero-order valence-electron chi connectivity index (χ0n) is 12.4. The van der Waals surface area contributed by atoms with Gasteiger partial charge in [0.25, 0.3) is 0 Å². The summed E-state index contributed by atoms with van der Waals surface area (Å²) >= 11 is 0. The van der Waals surface area contributed by atoms with Crippen LogP contribution in [-0.4, -0.2) is 30.2 Å². The molecule has 0 aliphatic heterocycles. The lowest BCUT2D eigenvalue weighted by molar-refractivity contribution is -0.189. The summed E-state index contributed by atoms with van der Waals surface area (Å²) in [6.45, 7) is 6.40. The average Bonchev–Trinajstić information content (AvgIpc) is 2.26. The van der Waals surface area contributed by atoms with Crippen molar-refractivity contribution in [2.75, 3.05) is 6.54 Å². The van der Waals surface area contributed by atoms with Crippen LogP contribution in [0, 0.1) is 5.92 Å². The van der Waals surface area contributed by atoms with E-state index in [9.17, 15) is 18.0 Å². The molecule has 0 aromatic rings. The van der Waals surface area contributed by atoms with E-state index in [1.54, 1.807) is 0 Å². The van der Waals surface area contributed by atoms with Gasteiger partial charge in [0, 0.05) is 24.5 Å². The van der Waals surface area contributed by atoms with Crippen LogP contribution >= 0.6 is 0 Å². The van der Waals surface area contributed by atoms with Crippen molar-refractivity contribution in [1.29, 1.82) is 0 Å². The van der Waals surface area contributed by atoms with Gasteiger partial charge in [-0.25, -0.2) is 0 Å². The largest absolute Gasteiger partial charge is 0.393 e. The Hall–Kier alpha value is -0.780. The Morgan fingerprint density at radius 2 is 1.75 bits per heavy atom. The van der Waals surface area contributed by atoms with Crippen molar-refractivity contribution in [3.63, 3.8) is 0 Å². The Morgan fingerprint density at radius 3 is 2.30 bits per heavy atom. The van der Waals surface area contributed by atoms with E-state index in [1.807, 2.05) is 20.8 Å². The molecule has 0 saturated heterocycles. The molecule has 0 heterocycles. The number of amides is 1. The molecule has 2 unspecified atom stereocenters. The van der Waals surface area contributed by atoms with Gasteiger partial charge in [0.05, 0.1) is 5.92 Å². The molecule has 0 bridgehead atoms. The fourth-order valence-corrected chi connectivity index (χ4v) is 2.53. The lowest BCUT2D eigenvalue weighted by atomic mass is 9.84. The van der Waals surface area contributed by atoms with Gasteiger partial charge in [-0.1, -0.05) is 12.8 Å². The first-order chi connectivity index (χ1) is 9.09. The van der Waals surface area contributed by atoms with Gasteiger partial charge in [0.1, 0.15) is 0 Å². The Labute approximate surface area is 118 Å². The van der Waals surface area contributed by atoms with E-state index < -0.39 is 18.1 Å². The Kier molecular flexibility index (Phi) is 5.86. The summed E-state index contributed by atoms with van der Waals surface area (Å²) in [5.74, 6) is -1.70. The molecule has 20 heavy (non-hydrogen) atoms. The molecule has 2 atom stereocenters. The van der Waals surface area contributed by atoms with E-state index in [4.69, 9.17) is 0 Å². The Bertz CT molecular complexity index is 323. The number of halogens is 3. The van der Waals surface area contributed by atoms with Crippen molar-refractivity contribution in [3.8, 4) is 0 Å². The predicted molar refractivity (Wildman–Crippen MR) is 72.3 cm³/mol. The van der Waals surface area contributed by atoms with Crippen molar-refractivity contribution in [1.82, 2.24) is 10.6 Å². The number of carbonyl (C=O) groups is 1. The summed E-state index contributed by atoms with van der Waals surface area (Å²) in [6.07, 6.45) is -2.14. The first kappa shape index (κ1) is 17.3. The standard InChI is InChI=1S/C14H25F3N2O/c1-13(2,3)18-9-8-12(20)19-11-7-5-4-6-10(11)14(15,16)17/h10-11,18H,4-9H2,1-3H3,(H,19,20). The van der Waals surface area contributed by atoms with Crippen LogP contribution in [0.2, 0.25) is 0 Å². The number of rotatable bonds is 4. The van der Waals surface area contributed by atoms with Gasteiger partial charge < -0.3 is 10.6 Å². The van der Waals surface area contributed by atoms with Crippen molar-refractivity contribution in [2.45, 2.75) is 70.6 Å². The molecule has 0 aromatic heterocycles. The van der Waals surface area contributed by atoms with Gasteiger partial charge in [-0.15, -0.1) is 0 Å². The summed E-state index contributed by atoms with van der Waals surface area (Å²) in [5.41, 5.74) is -0.0976. The van der Waals surface area contributed by atoms with Gasteiger partial charge in [0.2, 0.25) is 5.91 Å².